The van der Waals surface area contributed by atoms with Crippen molar-refractivity contribution < 1.29 is 13.5 Å². The summed E-state index contributed by atoms with van der Waals surface area (Å²) in [4.78, 5) is 8.34. The lowest BCUT2D eigenvalue weighted by Crippen LogP contribution is -2.09. The van der Waals surface area contributed by atoms with E-state index in [-0.39, 0.29) is 5.69 Å². The van der Waals surface area contributed by atoms with Gasteiger partial charge >= 0.3 is 0 Å². The Kier molecular flexibility index (Phi) is 5.58. The van der Waals surface area contributed by atoms with E-state index in [1.54, 1.807) is 7.11 Å². The molecule has 0 unspecified atom stereocenters. The molecule has 0 amide bonds. The number of anilines is 3. The molecule has 5 nitrogen and oxygen atoms in total. The number of methoxy groups -OCH3 is 1. The highest BCUT2D eigenvalue weighted by Gasteiger charge is 2.09. The van der Waals surface area contributed by atoms with Crippen LogP contribution in [0.1, 0.15) is 5.56 Å². The summed E-state index contributed by atoms with van der Waals surface area (Å²) in [5.41, 5.74) is 0.816. The average Bonchev–Trinajstić information content (AvgIpc) is 2.66. The molecule has 0 saturated carbocycles. The van der Waals surface area contributed by atoms with Crippen molar-refractivity contribution in [3.8, 4) is 5.75 Å². The van der Waals surface area contributed by atoms with Gasteiger partial charge in [-0.05, 0) is 36.2 Å². The second-order valence-corrected chi connectivity index (χ2v) is 5.48. The fourth-order valence-corrected chi connectivity index (χ4v) is 2.48. The van der Waals surface area contributed by atoms with Crippen LogP contribution in [0.25, 0.3) is 0 Å². The molecule has 0 radical (unpaired) electrons. The van der Waals surface area contributed by atoms with Crippen LogP contribution in [0.5, 0.6) is 5.75 Å². The molecule has 0 aliphatic heterocycles. The molecule has 3 rings (SSSR count). The monoisotopic (exact) mass is 356 g/mol. The van der Waals surface area contributed by atoms with Crippen molar-refractivity contribution in [2.75, 3.05) is 24.3 Å². The predicted molar refractivity (Wildman–Crippen MR) is 96.9 cm³/mol. The zero-order chi connectivity index (χ0) is 18.4. The summed E-state index contributed by atoms with van der Waals surface area (Å²) in [5, 5.41) is 5.74. The first-order chi connectivity index (χ1) is 12.7. The number of para-hydroxylation sites is 2. The molecule has 0 atom stereocenters. The third kappa shape index (κ3) is 4.24. The first-order valence-corrected chi connectivity index (χ1v) is 8.07. The molecule has 0 spiro atoms. The highest BCUT2D eigenvalue weighted by Crippen LogP contribution is 2.22. The highest BCUT2D eigenvalue weighted by atomic mass is 19.1. The van der Waals surface area contributed by atoms with E-state index >= 15 is 0 Å². The lowest BCUT2D eigenvalue weighted by Gasteiger charge is -2.11. The van der Waals surface area contributed by atoms with Crippen LogP contribution in [0.3, 0.4) is 0 Å². The second-order valence-electron chi connectivity index (χ2n) is 5.48. The number of ether oxygens (including phenoxy) is 1. The Hall–Kier alpha value is -3.22. The molecule has 0 saturated heterocycles. The summed E-state index contributed by atoms with van der Waals surface area (Å²) in [6, 6.07) is 13.0. The third-order valence-electron chi connectivity index (χ3n) is 3.74. The van der Waals surface area contributed by atoms with Crippen LogP contribution in [-0.4, -0.2) is 23.6 Å². The van der Waals surface area contributed by atoms with Crippen LogP contribution in [0.2, 0.25) is 0 Å². The normalized spacial score (nSPS) is 10.4. The Bertz CT molecular complexity index is 869. The van der Waals surface area contributed by atoms with Gasteiger partial charge in [0.1, 0.15) is 28.9 Å². The Balaban J connectivity index is 1.64. The number of benzene rings is 2. The first-order valence-electron chi connectivity index (χ1n) is 8.07. The molecule has 0 bridgehead atoms. The molecule has 26 heavy (non-hydrogen) atoms. The van der Waals surface area contributed by atoms with Gasteiger partial charge in [-0.2, -0.15) is 4.98 Å². The van der Waals surface area contributed by atoms with Gasteiger partial charge in [0.2, 0.25) is 5.95 Å². The molecule has 2 N–H and O–H groups in total. The van der Waals surface area contributed by atoms with Gasteiger partial charge in [-0.25, -0.2) is 13.8 Å². The van der Waals surface area contributed by atoms with Crippen molar-refractivity contribution in [1.29, 1.82) is 0 Å². The van der Waals surface area contributed by atoms with Crippen LogP contribution in [0.4, 0.5) is 26.2 Å². The minimum absolute atomic E-state index is 0.244. The van der Waals surface area contributed by atoms with Gasteiger partial charge in [0.25, 0.3) is 0 Å². The molecule has 3 aromatic rings. The zero-order valence-electron chi connectivity index (χ0n) is 14.2. The number of halogens is 2. The van der Waals surface area contributed by atoms with Gasteiger partial charge in [-0.3, -0.25) is 0 Å². The molecule has 7 heteroatoms. The molecule has 1 heterocycles. The topological polar surface area (TPSA) is 59.1 Å². The van der Waals surface area contributed by atoms with E-state index in [1.807, 2.05) is 24.3 Å². The fraction of sp³-hybridized carbons (Fsp3) is 0.158. The molecule has 0 fully saturated rings. The summed E-state index contributed by atoms with van der Waals surface area (Å²) in [7, 11) is 1.63. The van der Waals surface area contributed by atoms with Gasteiger partial charge in [0.05, 0.1) is 7.11 Å². The Morgan fingerprint density at radius 1 is 1.00 bits per heavy atom. The molecule has 1 aromatic heterocycles. The molecule has 0 aliphatic carbocycles. The van der Waals surface area contributed by atoms with E-state index in [0.29, 0.717) is 24.7 Å². The number of hydrogen-bond donors (Lipinski definition) is 2. The summed E-state index contributed by atoms with van der Waals surface area (Å²) < 4.78 is 32.8. The second kappa shape index (κ2) is 8.24. The standard InChI is InChI=1S/C19H18F2N4O/c1-26-16-8-3-2-5-13(16)9-11-22-19-23-12-10-17(25-19)24-18-14(20)6-4-7-15(18)21/h2-8,10,12H,9,11H2,1H3,(H2,22,23,24,25). The van der Waals surface area contributed by atoms with Crippen LogP contribution >= 0.6 is 0 Å². The van der Waals surface area contributed by atoms with Gasteiger partial charge in [-0.15, -0.1) is 0 Å². The molecular weight excluding hydrogens is 338 g/mol. The largest absolute Gasteiger partial charge is 0.496 e. The molecule has 0 aliphatic rings. The van der Waals surface area contributed by atoms with E-state index < -0.39 is 11.6 Å². The highest BCUT2D eigenvalue weighted by molar-refractivity contribution is 5.58. The minimum atomic E-state index is -0.686. The van der Waals surface area contributed by atoms with Crippen LogP contribution < -0.4 is 15.4 Å². The summed E-state index contributed by atoms with van der Waals surface area (Å²) >= 11 is 0. The van der Waals surface area contributed by atoms with Crippen LogP contribution in [-0.2, 0) is 6.42 Å². The van der Waals surface area contributed by atoms with E-state index in [9.17, 15) is 8.78 Å². The van der Waals surface area contributed by atoms with E-state index in [1.165, 1.54) is 30.5 Å². The molecule has 134 valence electrons. The SMILES string of the molecule is COc1ccccc1CCNc1nccc(Nc2c(F)cccc2F)n1. The number of nitrogens with one attached hydrogen (secondary N) is 2. The maximum atomic E-state index is 13.7. The van der Waals surface area contributed by atoms with Crippen molar-refractivity contribution in [3.05, 3.63) is 71.9 Å². The smallest absolute Gasteiger partial charge is 0.224 e. The van der Waals surface area contributed by atoms with Crippen LogP contribution in [0, 0.1) is 11.6 Å². The predicted octanol–water partition coefficient (Wildman–Crippen LogP) is 4.16. The number of rotatable bonds is 7. The minimum Gasteiger partial charge on any atom is -0.496 e. The number of nitrogens with zero attached hydrogens (tertiary/aromatic N) is 2. The Labute approximate surface area is 150 Å². The van der Waals surface area contributed by atoms with Gasteiger partial charge in [-0.1, -0.05) is 24.3 Å². The Morgan fingerprint density at radius 2 is 1.77 bits per heavy atom. The van der Waals surface area contributed by atoms with Crippen molar-refractivity contribution in [3.63, 3.8) is 0 Å². The summed E-state index contributed by atoms with van der Waals surface area (Å²) in [5.74, 6) is 0.106. The number of hydrogen-bond acceptors (Lipinski definition) is 5. The molecular formula is C19H18F2N4O. The average molecular weight is 356 g/mol. The van der Waals surface area contributed by atoms with Crippen molar-refractivity contribution in [2.24, 2.45) is 0 Å². The lowest BCUT2D eigenvalue weighted by molar-refractivity contribution is 0.410. The van der Waals surface area contributed by atoms with Gasteiger partial charge in [0, 0.05) is 12.7 Å². The third-order valence-corrected chi connectivity index (χ3v) is 3.74. The maximum absolute atomic E-state index is 13.7. The summed E-state index contributed by atoms with van der Waals surface area (Å²) in [6.07, 6.45) is 2.23. The Morgan fingerprint density at radius 3 is 2.54 bits per heavy atom. The van der Waals surface area contributed by atoms with Gasteiger partial charge in [0.15, 0.2) is 0 Å². The number of aromatic nitrogens is 2. The van der Waals surface area contributed by atoms with Crippen molar-refractivity contribution in [1.82, 2.24) is 9.97 Å². The summed E-state index contributed by atoms with van der Waals surface area (Å²) in [6.45, 7) is 0.581. The fourth-order valence-electron chi connectivity index (χ4n) is 2.48. The molecule has 2 aromatic carbocycles. The van der Waals surface area contributed by atoms with Crippen molar-refractivity contribution >= 4 is 17.5 Å². The first kappa shape index (κ1) is 17.6. The van der Waals surface area contributed by atoms with E-state index in [4.69, 9.17) is 4.74 Å². The van der Waals surface area contributed by atoms with E-state index in [0.717, 1.165) is 11.3 Å². The lowest BCUT2D eigenvalue weighted by atomic mass is 10.1. The van der Waals surface area contributed by atoms with E-state index in [2.05, 4.69) is 20.6 Å². The zero-order valence-corrected chi connectivity index (χ0v) is 14.2. The van der Waals surface area contributed by atoms with Crippen molar-refractivity contribution in [2.45, 2.75) is 6.42 Å². The van der Waals surface area contributed by atoms with Crippen LogP contribution in [0.15, 0.2) is 54.7 Å². The quantitative estimate of drug-likeness (QED) is 0.666. The van der Waals surface area contributed by atoms with Gasteiger partial charge < -0.3 is 15.4 Å². The maximum Gasteiger partial charge on any atom is 0.224 e.